The maximum absolute atomic E-state index is 13.3. The summed E-state index contributed by atoms with van der Waals surface area (Å²) in [6.07, 6.45) is 0. The molecule has 0 saturated carbocycles. The molecule has 6 aromatic rings. The van der Waals surface area contributed by atoms with Crippen molar-refractivity contribution in [3.8, 4) is 23.0 Å². The number of hydrogen-bond donors (Lipinski definition) is 4. The van der Waals surface area contributed by atoms with Crippen LogP contribution in [-0.2, 0) is 0 Å². The van der Waals surface area contributed by atoms with Gasteiger partial charge in [0.05, 0.1) is 27.8 Å². The highest BCUT2D eigenvalue weighted by molar-refractivity contribution is 5.89. The quantitative estimate of drug-likeness (QED) is 0.250. The molecular formula is C29H18O8. The molecule has 0 aliphatic carbocycles. The van der Waals surface area contributed by atoms with Gasteiger partial charge in [-0.1, -0.05) is 42.5 Å². The van der Waals surface area contributed by atoms with Crippen molar-refractivity contribution in [2.45, 2.75) is 5.92 Å². The second-order valence-corrected chi connectivity index (χ2v) is 8.70. The number of benzene rings is 4. The zero-order valence-electron chi connectivity index (χ0n) is 19.0. The van der Waals surface area contributed by atoms with Crippen molar-refractivity contribution in [3.63, 3.8) is 0 Å². The summed E-state index contributed by atoms with van der Waals surface area (Å²) in [5.41, 5.74) is -2.16. The summed E-state index contributed by atoms with van der Waals surface area (Å²) < 4.78 is 10.9. The highest BCUT2D eigenvalue weighted by Gasteiger charge is 2.32. The molecule has 4 aromatic carbocycles. The first-order valence-corrected chi connectivity index (χ1v) is 11.3. The molecule has 0 amide bonds. The van der Waals surface area contributed by atoms with Gasteiger partial charge in [-0.3, -0.25) is 0 Å². The Balaban J connectivity index is 1.73. The summed E-state index contributed by atoms with van der Waals surface area (Å²) in [6.45, 7) is 0. The molecule has 4 N–H and O–H groups in total. The van der Waals surface area contributed by atoms with Gasteiger partial charge in [0.25, 0.3) is 0 Å². The molecule has 8 heteroatoms. The minimum atomic E-state index is -1.28. The van der Waals surface area contributed by atoms with Gasteiger partial charge in [0.2, 0.25) is 0 Å². The lowest BCUT2D eigenvalue weighted by Crippen LogP contribution is -2.21. The average molecular weight is 494 g/mol. The molecule has 0 atom stereocenters. The lowest BCUT2D eigenvalue weighted by atomic mass is 9.84. The summed E-state index contributed by atoms with van der Waals surface area (Å²) in [5, 5.41) is 44.1. The van der Waals surface area contributed by atoms with Crippen LogP contribution in [0, 0.1) is 0 Å². The van der Waals surface area contributed by atoms with Crippen molar-refractivity contribution in [1.29, 1.82) is 0 Å². The predicted molar refractivity (Wildman–Crippen MR) is 137 cm³/mol. The monoisotopic (exact) mass is 494 g/mol. The number of rotatable bonds is 3. The van der Waals surface area contributed by atoms with Crippen LogP contribution in [0.25, 0.3) is 32.7 Å². The number of fused-ring (bicyclic) bond motifs is 3. The van der Waals surface area contributed by atoms with E-state index in [1.165, 1.54) is 36.4 Å². The number of phenolic OH excluding ortho intramolecular Hbond substituents is 2. The van der Waals surface area contributed by atoms with Gasteiger partial charge in [0, 0.05) is 12.1 Å². The Morgan fingerprint density at radius 3 is 1.62 bits per heavy atom. The SMILES string of the molecule is O=c1oc2cc(O)ccc2c(O)c1C(c1ccc2ccccc2c1)c1c(O)c2ccc(O)cc2oc1=O. The molecule has 0 radical (unpaired) electrons. The Morgan fingerprint density at radius 1 is 0.568 bits per heavy atom. The number of phenols is 2. The number of hydrogen-bond acceptors (Lipinski definition) is 8. The molecule has 37 heavy (non-hydrogen) atoms. The van der Waals surface area contributed by atoms with Gasteiger partial charge < -0.3 is 29.3 Å². The van der Waals surface area contributed by atoms with Crippen molar-refractivity contribution in [3.05, 3.63) is 116 Å². The Labute approximate surface area is 207 Å². The van der Waals surface area contributed by atoms with Crippen LogP contribution in [0.15, 0.2) is 97.3 Å². The van der Waals surface area contributed by atoms with Crippen LogP contribution < -0.4 is 11.3 Å². The van der Waals surface area contributed by atoms with E-state index in [1.54, 1.807) is 18.2 Å². The maximum Gasteiger partial charge on any atom is 0.344 e. The molecule has 6 rings (SSSR count). The molecule has 2 aromatic heterocycles. The predicted octanol–water partition coefficient (Wildman–Crippen LogP) is 5.06. The zero-order valence-corrected chi connectivity index (χ0v) is 19.0. The summed E-state index contributed by atoms with van der Waals surface area (Å²) in [6, 6.07) is 20.5. The van der Waals surface area contributed by atoms with E-state index >= 15 is 0 Å². The van der Waals surface area contributed by atoms with Crippen LogP contribution >= 0.6 is 0 Å². The van der Waals surface area contributed by atoms with Crippen LogP contribution in [0.4, 0.5) is 0 Å². The van der Waals surface area contributed by atoms with Crippen LogP contribution in [0.3, 0.4) is 0 Å². The molecule has 8 nitrogen and oxygen atoms in total. The van der Waals surface area contributed by atoms with E-state index in [1.807, 2.05) is 24.3 Å². The first-order chi connectivity index (χ1) is 17.8. The third kappa shape index (κ3) is 3.54. The molecule has 0 spiro atoms. The topological polar surface area (TPSA) is 141 Å². The van der Waals surface area contributed by atoms with Crippen molar-refractivity contribution in [1.82, 2.24) is 0 Å². The summed E-state index contributed by atoms with van der Waals surface area (Å²) in [5.74, 6) is -2.54. The Kier molecular flexibility index (Phi) is 4.91. The van der Waals surface area contributed by atoms with Gasteiger partial charge >= 0.3 is 11.3 Å². The molecule has 0 aliphatic heterocycles. The summed E-state index contributed by atoms with van der Waals surface area (Å²) in [4.78, 5) is 26.6. The van der Waals surface area contributed by atoms with Gasteiger partial charge in [-0.2, -0.15) is 0 Å². The van der Waals surface area contributed by atoms with E-state index in [4.69, 9.17) is 8.83 Å². The van der Waals surface area contributed by atoms with Crippen LogP contribution in [0.2, 0.25) is 0 Å². The Bertz CT molecular complexity index is 1880. The van der Waals surface area contributed by atoms with Crippen molar-refractivity contribution >= 4 is 32.7 Å². The van der Waals surface area contributed by atoms with E-state index in [-0.39, 0.29) is 44.6 Å². The van der Waals surface area contributed by atoms with Gasteiger partial charge in [-0.05, 0) is 40.6 Å². The molecule has 0 bridgehead atoms. The summed E-state index contributed by atoms with van der Waals surface area (Å²) >= 11 is 0. The lowest BCUT2D eigenvalue weighted by molar-refractivity contribution is 0.440. The highest BCUT2D eigenvalue weighted by Crippen LogP contribution is 2.43. The van der Waals surface area contributed by atoms with Gasteiger partial charge in [-0.25, -0.2) is 9.59 Å². The molecule has 182 valence electrons. The van der Waals surface area contributed by atoms with Gasteiger partial charge in [0.15, 0.2) is 0 Å². The van der Waals surface area contributed by atoms with Gasteiger partial charge in [0.1, 0.15) is 34.2 Å². The lowest BCUT2D eigenvalue weighted by Gasteiger charge is -2.20. The fraction of sp³-hybridized carbons (Fsp3) is 0.0345. The van der Waals surface area contributed by atoms with Crippen molar-refractivity contribution in [2.75, 3.05) is 0 Å². The third-order valence-corrected chi connectivity index (χ3v) is 6.48. The largest absolute Gasteiger partial charge is 0.508 e. The summed E-state index contributed by atoms with van der Waals surface area (Å²) in [7, 11) is 0. The molecular weight excluding hydrogens is 476 g/mol. The second kappa shape index (κ2) is 8.17. The van der Waals surface area contributed by atoms with E-state index in [0.29, 0.717) is 5.56 Å². The smallest absolute Gasteiger partial charge is 0.344 e. The van der Waals surface area contributed by atoms with E-state index in [2.05, 4.69) is 0 Å². The first kappa shape index (κ1) is 22.2. The normalized spacial score (nSPS) is 11.6. The minimum absolute atomic E-state index is 0.0474. The molecule has 0 aliphatic rings. The standard InChI is InChI=1S/C29H18O8/c30-17-7-9-19-21(12-17)36-28(34)24(26(19)32)23(16-6-5-14-3-1-2-4-15(14)11-16)25-27(33)20-10-8-18(31)13-22(20)37-29(25)35/h1-13,23,30-33H. The zero-order chi connectivity index (χ0) is 25.8. The fourth-order valence-corrected chi connectivity index (χ4v) is 4.75. The third-order valence-electron chi connectivity index (χ3n) is 6.48. The number of aromatic hydroxyl groups is 4. The van der Waals surface area contributed by atoms with E-state index in [9.17, 15) is 30.0 Å². The molecule has 0 saturated heterocycles. The van der Waals surface area contributed by atoms with Crippen molar-refractivity contribution < 1.29 is 29.3 Å². The average Bonchev–Trinajstić information content (AvgIpc) is 2.87. The van der Waals surface area contributed by atoms with E-state index < -0.39 is 28.7 Å². The van der Waals surface area contributed by atoms with E-state index in [0.717, 1.165) is 10.8 Å². The molecule has 0 fully saturated rings. The molecule has 0 unspecified atom stereocenters. The van der Waals surface area contributed by atoms with Gasteiger partial charge in [-0.15, -0.1) is 0 Å². The van der Waals surface area contributed by atoms with Crippen molar-refractivity contribution in [2.24, 2.45) is 0 Å². The van der Waals surface area contributed by atoms with Crippen LogP contribution in [-0.4, -0.2) is 20.4 Å². The van der Waals surface area contributed by atoms with Crippen LogP contribution in [0.1, 0.15) is 22.6 Å². The first-order valence-electron chi connectivity index (χ1n) is 11.3. The fourth-order valence-electron chi connectivity index (χ4n) is 4.75. The Morgan fingerprint density at radius 2 is 1.08 bits per heavy atom. The molecule has 2 heterocycles. The van der Waals surface area contributed by atoms with Crippen LogP contribution in [0.5, 0.6) is 23.0 Å². The Hall–Kier alpha value is -5.24. The second-order valence-electron chi connectivity index (χ2n) is 8.70. The highest BCUT2D eigenvalue weighted by atomic mass is 16.4. The minimum Gasteiger partial charge on any atom is -0.508 e. The maximum atomic E-state index is 13.3.